The molecule has 0 saturated heterocycles. The Bertz CT molecular complexity index is 893. The first kappa shape index (κ1) is 17.9. The molecule has 0 aromatic heterocycles. The standard InChI is InChI=1S/C22H22OP2/c1-16-14-17(2)21(18(3)15-16)22(23)25(24,19-10-6-4-7-11-19)20-12-8-5-9-13-20/h4-15,24H,1-3H3. The van der Waals surface area contributed by atoms with Crippen LogP contribution in [0.2, 0.25) is 0 Å². The Morgan fingerprint density at radius 1 is 0.760 bits per heavy atom. The first-order valence-corrected chi connectivity index (χ1v) is 11.5. The van der Waals surface area contributed by atoms with Gasteiger partial charge in [-0.25, -0.2) is 0 Å². The third kappa shape index (κ3) is 3.28. The number of hydrogen-bond acceptors (Lipinski definition) is 1. The van der Waals surface area contributed by atoms with Crippen molar-refractivity contribution in [2.45, 2.75) is 20.8 Å². The maximum absolute atomic E-state index is 13.8. The predicted octanol–water partition coefficient (Wildman–Crippen LogP) is 5.48. The highest BCUT2D eigenvalue weighted by atomic mass is 31.8. The summed E-state index contributed by atoms with van der Waals surface area (Å²) in [5.41, 5.74) is 4.27. The SMILES string of the molecule is Cc1cc(C)c(C(=O)P(=P)(c2ccccc2)c2ccccc2)c(C)c1. The van der Waals surface area contributed by atoms with Gasteiger partial charge >= 0.3 is 0 Å². The van der Waals surface area contributed by atoms with Gasteiger partial charge < -0.3 is 0 Å². The quantitative estimate of drug-likeness (QED) is 0.561. The van der Waals surface area contributed by atoms with E-state index in [0.717, 1.165) is 27.3 Å². The number of carbonyl (C=O) groups excluding carboxylic acids is 1. The number of rotatable bonds is 4. The number of aryl methyl sites for hydroxylation is 3. The topological polar surface area (TPSA) is 17.1 Å². The normalized spacial score (nSPS) is 11.3. The zero-order valence-corrected chi connectivity index (χ0v) is 16.7. The van der Waals surface area contributed by atoms with Crippen molar-refractivity contribution in [2.75, 3.05) is 0 Å². The third-order valence-electron chi connectivity index (χ3n) is 4.48. The average Bonchev–Trinajstić information content (AvgIpc) is 2.61. The van der Waals surface area contributed by atoms with Crippen LogP contribution in [-0.4, -0.2) is 5.52 Å². The van der Waals surface area contributed by atoms with Crippen molar-refractivity contribution in [3.05, 3.63) is 95.1 Å². The molecule has 1 nitrogen and oxygen atoms in total. The van der Waals surface area contributed by atoms with E-state index in [1.54, 1.807) is 0 Å². The highest BCUT2D eigenvalue weighted by molar-refractivity contribution is 8.18. The molecular formula is C22H22OP2. The Labute approximate surface area is 152 Å². The lowest BCUT2D eigenvalue weighted by Crippen LogP contribution is -2.22. The zero-order chi connectivity index (χ0) is 18.0. The first-order valence-electron chi connectivity index (χ1n) is 8.32. The van der Waals surface area contributed by atoms with Crippen LogP contribution in [0, 0.1) is 20.8 Å². The van der Waals surface area contributed by atoms with Gasteiger partial charge in [0.05, 0.1) is 0 Å². The maximum atomic E-state index is 13.8. The van der Waals surface area contributed by atoms with Crippen molar-refractivity contribution in [1.29, 1.82) is 0 Å². The molecule has 0 heterocycles. The van der Waals surface area contributed by atoms with Crippen LogP contribution >= 0.6 is 15.1 Å². The van der Waals surface area contributed by atoms with Crippen molar-refractivity contribution < 1.29 is 4.79 Å². The van der Waals surface area contributed by atoms with E-state index in [-0.39, 0.29) is 5.52 Å². The Hall–Kier alpha value is -1.94. The fourth-order valence-corrected chi connectivity index (χ4v) is 7.30. The molecule has 0 atom stereocenters. The lowest BCUT2D eigenvalue weighted by molar-refractivity contribution is 0.108. The van der Waals surface area contributed by atoms with Crippen LogP contribution in [0.5, 0.6) is 0 Å². The van der Waals surface area contributed by atoms with Gasteiger partial charge in [-0.15, -0.1) is 8.53 Å². The summed E-state index contributed by atoms with van der Waals surface area (Å²) in [6.45, 7) is 3.73. The molecule has 0 saturated carbocycles. The van der Waals surface area contributed by atoms with E-state index in [1.807, 2.05) is 74.5 Å². The molecule has 0 unspecified atom stereocenters. The molecule has 3 aromatic carbocycles. The molecule has 25 heavy (non-hydrogen) atoms. The molecule has 0 radical (unpaired) electrons. The number of carbonyl (C=O) groups is 1. The number of benzene rings is 3. The second-order valence-corrected chi connectivity index (χ2v) is 11.2. The molecule has 3 aromatic rings. The van der Waals surface area contributed by atoms with E-state index in [1.165, 1.54) is 5.56 Å². The van der Waals surface area contributed by atoms with Gasteiger partial charge in [0.1, 0.15) is 0 Å². The van der Waals surface area contributed by atoms with Crippen LogP contribution in [0.15, 0.2) is 72.8 Å². The smallest absolute Gasteiger partial charge is 0.196 e. The molecule has 0 aliphatic carbocycles. The lowest BCUT2D eigenvalue weighted by Gasteiger charge is -2.25. The maximum Gasteiger partial charge on any atom is 0.196 e. The Morgan fingerprint density at radius 2 is 1.16 bits per heavy atom. The van der Waals surface area contributed by atoms with Crippen molar-refractivity contribution in [3.63, 3.8) is 0 Å². The summed E-state index contributed by atoms with van der Waals surface area (Å²) in [5, 5.41) is 2.09. The van der Waals surface area contributed by atoms with Gasteiger partial charge in [-0.3, -0.25) is 4.79 Å². The summed E-state index contributed by atoms with van der Waals surface area (Å²) < 4.78 is 0. The van der Waals surface area contributed by atoms with Gasteiger partial charge in [0.15, 0.2) is 5.52 Å². The van der Waals surface area contributed by atoms with Crippen molar-refractivity contribution in [3.8, 4) is 0 Å². The molecule has 0 fully saturated rings. The largest absolute Gasteiger partial charge is 0.288 e. The van der Waals surface area contributed by atoms with E-state index in [0.29, 0.717) is 0 Å². The highest BCUT2D eigenvalue weighted by Gasteiger charge is 2.31. The molecule has 0 amide bonds. The molecule has 3 heteroatoms. The molecular weight excluding hydrogens is 342 g/mol. The van der Waals surface area contributed by atoms with E-state index in [4.69, 9.17) is 0 Å². The monoisotopic (exact) mass is 364 g/mol. The minimum absolute atomic E-state index is 0.177. The Morgan fingerprint density at radius 3 is 1.56 bits per heavy atom. The zero-order valence-electron chi connectivity index (χ0n) is 14.8. The Balaban J connectivity index is 2.27. The van der Waals surface area contributed by atoms with Crippen LogP contribution in [0.1, 0.15) is 27.0 Å². The van der Waals surface area contributed by atoms with Gasteiger partial charge in [0.2, 0.25) is 0 Å². The molecule has 126 valence electrons. The molecule has 0 aliphatic heterocycles. The molecule has 0 spiro atoms. The summed E-state index contributed by atoms with van der Waals surface area (Å²) >= 11 is 0. The van der Waals surface area contributed by atoms with Gasteiger partial charge in [-0.1, -0.05) is 78.4 Å². The summed E-state index contributed by atoms with van der Waals surface area (Å²) in [6.07, 6.45) is 0. The summed E-state index contributed by atoms with van der Waals surface area (Å²) in [7, 11) is 4.02. The minimum atomic E-state index is -2.39. The van der Waals surface area contributed by atoms with E-state index >= 15 is 0 Å². The van der Waals surface area contributed by atoms with E-state index in [2.05, 4.69) is 27.6 Å². The van der Waals surface area contributed by atoms with Crippen molar-refractivity contribution >= 4 is 31.2 Å². The van der Waals surface area contributed by atoms with Crippen molar-refractivity contribution in [1.82, 2.24) is 0 Å². The molecule has 3 rings (SSSR count). The van der Waals surface area contributed by atoms with Crippen molar-refractivity contribution in [2.24, 2.45) is 0 Å². The fraction of sp³-hybridized carbons (Fsp3) is 0.136. The van der Waals surface area contributed by atoms with E-state index < -0.39 is 6.55 Å². The van der Waals surface area contributed by atoms with Crippen LogP contribution in [0.4, 0.5) is 0 Å². The summed E-state index contributed by atoms with van der Waals surface area (Å²) in [6, 6.07) is 24.3. The summed E-state index contributed by atoms with van der Waals surface area (Å²) in [5.74, 6) is 0. The van der Waals surface area contributed by atoms with Crippen LogP contribution in [-0.2, 0) is 0 Å². The second kappa shape index (κ2) is 7.12. The van der Waals surface area contributed by atoms with Gasteiger partial charge in [-0.2, -0.15) is 0 Å². The molecule has 0 N–H and O–H groups in total. The summed E-state index contributed by atoms with van der Waals surface area (Å²) in [4.78, 5) is 13.8. The van der Waals surface area contributed by atoms with Crippen LogP contribution in [0.25, 0.3) is 0 Å². The second-order valence-electron chi connectivity index (χ2n) is 6.42. The number of hydrogen-bond donors (Lipinski definition) is 0. The average molecular weight is 364 g/mol. The molecule has 0 bridgehead atoms. The lowest BCUT2D eigenvalue weighted by atomic mass is 10.0. The van der Waals surface area contributed by atoms with Gasteiger partial charge in [-0.05, 0) is 42.5 Å². The minimum Gasteiger partial charge on any atom is -0.288 e. The first-order chi connectivity index (χ1) is 11.9. The Kier molecular flexibility index (Phi) is 5.09. The van der Waals surface area contributed by atoms with Crippen LogP contribution in [0.3, 0.4) is 0 Å². The third-order valence-corrected chi connectivity index (χ3v) is 9.62. The van der Waals surface area contributed by atoms with E-state index in [9.17, 15) is 4.79 Å². The van der Waals surface area contributed by atoms with Crippen LogP contribution < -0.4 is 10.6 Å². The highest BCUT2D eigenvalue weighted by Crippen LogP contribution is 2.53. The van der Waals surface area contributed by atoms with Gasteiger partial charge in [0, 0.05) is 12.1 Å². The predicted molar refractivity (Wildman–Crippen MR) is 112 cm³/mol. The fourth-order valence-electron chi connectivity index (χ4n) is 3.37. The molecule has 0 aliphatic rings. The van der Waals surface area contributed by atoms with Gasteiger partial charge in [0.25, 0.3) is 0 Å².